The van der Waals surface area contributed by atoms with Crippen LogP contribution in [0.3, 0.4) is 0 Å². The fourth-order valence-electron chi connectivity index (χ4n) is 6.54. The lowest BCUT2D eigenvalue weighted by atomic mass is 9.89. The van der Waals surface area contributed by atoms with Gasteiger partial charge < -0.3 is 30.3 Å². The summed E-state index contributed by atoms with van der Waals surface area (Å²) in [6.07, 6.45) is 6.53. The summed E-state index contributed by atoms with van der Waals surface area (Å²) in [6, 6.07) is 18.6. The molecule has 0 aromatic heterocycles. The number of hydrogen-bond donors (Lipinski definition) is 3. The summed E-state index contributed by atoms with van der Waals surface area (Å²) in [4.78, 5) is 30.8. The Balaban J connectivity index is 1.35. The highest BCUT2D eigenvalue weighted by Gasteiger charge is 2.31. The number of aliphatic hydroxyl groups excluding tert-OH is 1. The van der Waals surface area contributed by atoms with Gasteiger partial charge >= 0.3 is 6.03 Å². The van der Waals surface area contributed by atoms with Crippen molar-refractivity contribution in [1.29, 1.82) is 0 Å². The molecular weight excluding hydrogens is 540 g/mol. The Bertz CT molecular complexity index is 1400. The third-order valence-corrected chi connectivity index (χ3v) is 9.00. The van der Waals surface area contributed by atoms with Crippen LogP contribution < -0.4 is 15.4 Å². The van der Waals surface area contributed by atoms with Crippen molar-refractivity contribution in [2.24, 2.45) is 11.8 Å². The smallest absolute Gasteiger partial charge is 0.323 e. The Morgan fingerprint density at radius 3 is 2.60 bits per heavy atom. The van der Waals surface area contributed by atoms with Gasteiger partial charge in [0.1, 0.15) is 11.9 Å². The molecule has 230 valence electrons. The van der Waals surface area contributed by atoms with E-state index in [4.69, 9.17) is 4.74 Å². The molecule has 1 aliphatic carbocycles. The summed E-state index contributed by atoms with van der Waals surface area (Å²) in [5.41, 5.74) is 2.02. The van der Waals surface area contributed by atoms with Crippen LogP contribution in [0.1, 0.15) is 51.5 Å². The molecule has 5 rings (SSSR count). The number of hydrogen-bond acceptors (Lipinski definition) is 5. The van der Waals surface area contributed by atoms with Gasteiger partial charge in [-0.05, 0) is 62.4 Å². The number of aliphatic hydroxyl groups is 1. The molecule has 43 heavy (non-hydrogen) atoms. The number of ether oxygens (including phenoxy) is 1. The fourth-order valence-corrected chi connectivity index (χ4v) is 6.54. The number of carbonyl (C=O) groups excluding carboxylic acids is 2. The molecule has 3 atom stereocenters. The molecule has 1 heterocycles. The lowest BCUT2D eigenvalue weighted by Crippen LogP contribution is -2.48. The monoisotopic (exact) mass is 586 g/mol. The molecular formula is C35H46N4O4. The number of carbonyl (C=O) groups is 2. The Morgan fingerprint density at radius 1 is 1.05 bits per heavy atom. The molecule has 3 N–H and O–H groups in total. The van der Waals surface area contributed by atoms with Crippen LogP contribution in [0.25, 0.3) is 10.8 Å². The van der Waals surface area contributed by atoms with Crippen molar-refractivity contribution in [3.63, 3.8) is 0 Å². The highest BCUT2D eigenvalue weighted by molar-refractivity contribution is 6.06. The molecule has 0 bridgehead atoms. The van der Waals surface area contributed by atoms with Crippen molar-refractivity contribution in [2.75, 3.05) is 43.9 Å². The van der Waals surface area contributed by atoms with Gasteiger partial charge in [-0.15, -0.1) is 0 Å². The molecule has 0 unspecified atom stereocenters. The average Bonchev–Trinajstić information content (AvgIpc) is 3.04. The Kier molecular flexibility index (Phi) is 10.2. The van der Waals surface area contributed by atoms with E-state index in [0.29, 0.717) is 18.0 Å². The molecule has 1 saturated carbocycles. The Labute approximate surface area is 255 Å². The highest BCUT2D eigenvalue weighted by Crippen LogP contribution is 2.30. The van der Waals surface area contributed by atoms with Crippen molar-refractivity contribution in [3.05, 3.63) is 66.2 Å². The normalized spacial score (nSPS) is 20.5. The Morgan fingerprint density at radius 2 is 1.81 bits per heavy atom. The second-order valence-corrected chi connectivity index (χ2v) is 12.5. The minimum atomic E-state index is -0.363. The topological polar surface area (TPSA) is 94.1 Å². The van der Waals surface area contributed by atoms with Crippen LogP contribution in [0.4, 0.5) is 16.2 Å². The van der Waals surface area contributed by atoms with Crippen molar-refractivity contribution in [2.45, 2.75) is 64.5 Å². The molecule has 0 spiro atoms. The number of anilines is 2. The molecule has 2 aliphatic rings. The van der Waals surface area contributed by atoms with Crippen LogP contribution in [0.15, 0.2) is 60.7 Å². The van der Waals surface area contributed by atoms with Gasteiger partial charge in [-0.3, -0.25) is 4.79 Å². The molecule has 1 aliphatic heterocycles. The van der Waals surface area contributed by atoms with Gasteiger partial charge in [-0.25, -0.2) is 4.79 Å². The summed E-state index contributed by atoms with van der Waals surface area (Å²) < 4.78 is 6.69. The first-order valence-electron chi connectivity index (χ1n) is 15.7. The van der Waals surface area contributed by atoms with E-state index in [0.717, 1.165) is 41.0 Å². The number of benzene rings is 3. The van der Waals surface area contributed by atoms with Gasteiger partial charge in [-0.2, -0.15) is 0 Å². The van der Waals surface area contributed by atoms with Crippen LogP contribution in [0.2, 0.25) is 0 Å². The largest absolute Gasteiger partial charge is 0.488 e. The van der Waals surface area contributed by atoms with Crippen LogP contribution in [0.5, 0.6) is 5.75 Å². The van der Waals surface area contributed by atoms with Gasteiger partial charge in [0, 0.05) is 42.2 Å². The first-order chi connectivity index (χ1) is 20.8. The summed E-state index contributed by atoms with van der Waals surface area (Å²) in [7, 11) is 2.17. The molecule has 3 aromatic carbocycles. The minimum Gasteiger partial charge on any atom is -0.488 e. The molecule has 8 nitrogen and oxygen atoms in total. The maximum atomic E-state index is 13.6. The maximum absolute atomic E-state index is 13.6. The summed E-state index contributed by atoms with van der Waals surface area (Å²) in [6.45, 7) is 6.21. The van der Waals surface area contributed by atoms with Crippen LogP contribution in [-0.2, 0) is 11.2 Å². The number of urea groups is 1. The van der Waals surface area contributed by atoms with Gasteiger partial charge in [0.2, 0.25) is 5.91 Å². The lowest BCUT2D eigenvalue weighted by Gasteiger charge is -2.35. The predicted octanol–water partition coefficient (Wildman–Crippen LogP) is 6.14. The van der Waals surface area contributed by atoms with E-state index in [-0.39, 0.29) is 43.0 Å². The molecule has 3 aromatic rings. The van der Waals surface area contributed by atoms with Crippen molar-refractivity contribution < 1.29 is 19.4 Å². The zero-order valence-electron chi connectivity index (χ0n) is 25.7. The SMILES string of the molecule is C[C@H]1CN([C@@H](C)CO)C(=O)Cc2cc(NC(=O)Nc3cccc4ccccc34)ccc2O[C@@H]1CN(C)CC1CCCCC1. The quantitative estimate of drug-likeness (QED) is 0.295. The van der Waals surface area contributed by atoms with E-state index in [9.17, 15) is 14.7 Å². The van der Waals surface area contributed by atoms with Crippen molar-refractivity contribution in [3.8, 4) is 5.75 Å². The molecule has 0 saturated heterocycles. The molecule has 0 radical (unpaired) electrons. The zero-order valence-corrected chi connectivity index (χ0v) is 25.7. The lowest BCUT2D eigenvalue weighted by molar-refractivity contribution is -0.134. The van der Waals surface area contributed by atoms with Crippen LogP contribution >= 0.6 is 0 Å². The number of likely N-dealkylation sites (N-methyl/N-ethyl adjacent to an activating group) is 1. The molecule has 8 heteroatoms. The van der Waals surface area contributed by atoms with Crippen molar-refractivity contribution >= 4 is 34.1 Å². The van der Waals surface area contributed by atoms with Crippen LogP contribution in [0, 0.1) is 11.8 Å². The van der Waals surface area contributed by atoms with E-state index >= 15 is 0 Å². The molecule has 3 amide bonds. The minimum absolute atomic E-state index is 0.0574. The zero-order chi connectivity index (χ0) is 30.3. The standard InChI is InChI=1S/C35H46N4O4/c1-24-20-39(25(2)23-40)34(41)19-28-18-29(36-35(42)37-31-15-9-13-27-12-7-8-14-30(27)31)16-17-32(28)43-33(24)22-38(3)21-26-10-5-4-6-11-26/h7-9,12-18,24-26,33,40H,4-6,10-11,19-23H2,1-3H3,(H2,36,37,42)/t24-,25-,33+/m0/s1. The average molecular weight is 587 g/mol. The van der Waals surface area contributed by atoms with Crippen molar-refractivity contribution in [1.82, 2.24) is 9.80 Å². The van der Waals surface area contributed by atoms with Crippen LogP contribution in [-0.4, -0.2) is 72.3 Å². The third-order valence-electron chi connectivity index (χ3n) is 9.00. The number of nitrogens with zero attached hydrogens (tertiary/aromatic N) is 2. The van der Waals surface area contributed by atoms with Gasteiger partial charge in [0.15, 0.2) is 0 Å². The summed E-state index contributed by atoms with van der Waals surface area (Å²) in [5.74, 6) is 1.38. The first kappa shape index (κ1) is 30.8. The van der Waals surface area contributed by atoms with E-state index in [1.165, 1.54) is 32.1 Å². The highest BCUT2D eigenvalue weighted by atomic mass is 16.5. The van der Waals surface area contributed by atoms with E-state index in [1.807, 2.05) is 67.6 Å². The second-order valence-electron chi connectivity index (χ2n) is 12.5. The van der Waals surface area contributed by atoms with E-state index in [1.54, 1.807) is 4.90 Å². The second kappa shape index (κ2) is 14.2. The van der Waals surface area contributed by atoms with E-state index in [2.05, 4.69) is 29.5 Å². The van der Waals surface area contributed by atoms with Gasteiger partial charge in [0.05, 0.1) is 24.8 Å². The number of nitrogens with one attached hydrogen (secondary N) is 2. The fraction of sp³-hybridized carbons (Fsp3) is 0.486. The number of rotatable bonds is 8. The maximum Gasteiger partial charge on any atom is 0.323 e. The number of fused-ring (bicyclic) bond motifs is 2. The number of amides is 3. The third kappa shape index (κ3) is 7.86. The van der Waals surface area contributed by atoms with Gasteiger partial charge in [-0.1, -0.05) is 62.6 Å². The van der Waals surface area contributed by atoms with E-state index < -0.39 is 0 Å². The van der Waals surface area contributed by atoms with Gasteiger partial charge in [0.25, 0.3) is 0 Å². The summed E-state index contributed by atoms with van der Waals surface area (Å²) in [5, 5.41) is 17.9. The first-order valence-corrected chi connectivity index (χ1v) is 15.7. The Hall–Kier alpha value is -3.62. The molecule has 1 fully saturated rings. The summed E-state index contributed by atoms with van der Waals surface area (Å²) >= 11 is 0. The predicted molar refractivity (Wildman–Crippen MR) is 173 cm³/mol.